The average molecular weight is 364 g/mol. The van der Waals surface area contributed by atoms with Crippen molar-refractivity contribution in [2.24, 2.45) is 5.92 Å². The maximum atomic E-state index is 10.6. The Balaban J connectivity index is 1.75. The van der Waals surface area contributed by atoms with Crippen molar-refractivity contribution in [3.63, 3.8) is 0 Å². The van der Waals surface area contributed by atoms with Gasteiger partial charge in [-0.2, -0.15) is 5.21 Å². The molecule has 0 amide bonds. The third-order valence-electron chi connectivity index (χ3n) is 5.22. The monoisotopic (exact) mass is 364 g/mol. The van der Waals surface area contributed by atoms with E-state index >= 15 is 0 Å². The van der Waals surface area contributed by atoms with E-state index in [0.717, 1.165) is 29.5 Å². The van der Waals surface area contributed by atoms with Gasteiger partial charge in [-0.25, -0.2) is 0 Å². The van der Waals surface area contributed by atoms with Crippen LogP contribution >= 0.6 is 0 Å². The molecule has 0 saturated heterocycles. The van der Waals surface area contributed by atoms with E-state index in [2.05, 4.69) is 64.8 Å². The van der Waals surface area contributed by atoms with Gasteiger partial charge < -0.3 is 5.11 Å². The number of rotatable bonds is 9. The summed E-state index contributed by atoms with van der Waals surface area (Å²) in [5.74, 6) is 0.968. The number of aromatic nitrogens is 4. The van der Waals surface area contributed by atoms with Crippen LogP contribution in [-0.2, 0) is 6.42 Å². The number of hydrogen-bond donors (Lipinski definition) is 2. The van der Waals surface area contributed by atoms with Gasteiger partial charge in [0.1, 0.15) is 0 Å². The Morgan fingerprint density at radius 1 is 1.00 bits per heavy atom. The van der Waals surface area contributed by atoms with Gasteiger partial charge in [-0.3, -0.25) is 0 Å². The quantitative estimate of drug-likeness (QED) is 0.579. The predicted octanol–water partition coefficient (Wildman–Crippen LogP) is 4.65. The van der Waals surface area contributed by atoms with Crippen molar-refractivity contribution in [2.75, 3.05) is 0 Å². The van der Waals surface area contributed by atoms with Gasteiger partial charge in [0.25, 0.3) is 0 Å². The normalized spacial score (nSPS) is 13.4. The number of aliphatic hydroxyl groups excluding tert-OH is 1. The van der Waals surface area contributed by atoms with Crippen LogP contribution in [0.15, 0.2) is 48.5 Å². The van der Waals surface area contributed by atoms with Crippen LogP contribution < -0.4 is 0 Å². The first-order valence-electron chi connectivity index (χ1n) is 9.83. The molecule has 0 fully saturated rings. The Morgan fingerprint density at radius 2 is 1.74 bits per heavy atom. The summed E-state index contributed by atoms with van der Waals surface area (Å²) in [6.07, 6.45) is 4.91. The van der Waals surface area contributed by atoms with Crippen molar-refractivity contribution >= 4 is 0 Å². The average Bonchev–Trinajstić information content (AvgIpc) is 3.24. The Morgan fingerprint density at radius 3 is 2.37 bits per heavy atom. The van der Waals surface area contributed by atoms with Crippen LogP contribution in [-0.4, -0.2) is 31.8 Å². The van der Waals surface area contributed by atoms with Crippen molar-refractivity contribution < 1.29 is 5.11 Å². The summed E-state index contributed by atoms with van der Waals surface area (Å²) in [5, 5.41) is 25.0. The molecule has 27 heavy (non-hydrogen) atoms. The Hall–Kier alpha value is -2.53. The van der Waals surface area contributed by atoms with Crippen LogP contribution in [0.25, 0.3) is 22.5 Å². The molecule has 0 aliphatic rings. The van der Waals surface area contributed by atoms with Gasteiger partial charge in [0.05, 0.1) is 6.10 Å². The SMILES string of the molecule is CCCCC(CC)C(O)Cc1ccc(-c2ccccc2-c2nn[nH]n2)cc1. The van der Waals surface area contributed by atoms with Gasteiger partial charge in [-0.1, -0.05) is 81.6 Å². The fourth-order valence-electron chi connectivity index (χ4n) is 3.57. The Bertz CT molecular complexity index is 815. The highest BCUT2D eigenvalue weighted by atomic mass is 16.3. The predicted molar refractivity (Wildman–Crippen MR) is 108 cm³/mol. The molecule has 3 rings (SSSR count). The van der Waals surface area contributed by atoms with Gasteiger partial charge in [0, 0.05) is 5.56 Å². The highest BCUT2D eigenvalue weighted by Crippen LogP contribution is 2.30. The molecular weight excluding hydrogens is 336 g/mol. The first-order valence-corrected chi connectivity index (χ1v) is 9.83. The van der Waals surface area contributed by atoms with Gasteiger partial charge >= 0.3 is 0 Å². The van der Waals surface area contributed by atoms with Crippen molar-refractivity contribution in [1.29, 1.82) is 0 Å². The zero-order chi connectivity index (χ0) is 19.1. The number of unbranched alkanes of at least 4 members (excludes halogenated alkanes) is 1. The van der Waals surface area contributed by atoms with Gasteiger partial charge in [-0.15, -0.1) is 10.2 Å². The van der Waals surface area contributed by atoms with Crippen LogP contribution in [0.3, 0.4) is 0 Å². The van der Waals surface area contributed by atoms with E-state index in [-0.39, 0.29) is 6.10 Å². The number of hydrogen-bond acceptors (Lipinski definition) is 4. The molecule has 0 spiro atoms. The van der Waals surface area contributed by atoms with Crippen LogP contribution in [0.4, 0.5) is 0 Å². The molecule has 2 unspecified atom stereocenters. The fraction of sp³-hybridized carbons (Fsp3) is 0.409. The summed E-state index contributed by atoms with van der Waals surface area (Å²) in [6.45, 7) is 4.37. The second-order valence-corrected chi connectivity index (χ2v) is 7.06. The standard InChI is InChI=1S/C22H28N4O/c1-3-5-8-17(4-2)21(27)15-16-11-13-18(14-12-16)19-9-6-7-10-20(19)22-23-25-26-24-22/h6-7,9-14,17,21,27H,3-5,8,15H2,1-2H3,(H,23,24,25,26). The summed E-state index contributed by atoms with van der Waals surface area (Å²) in [7, 11) is 0. The topological polar surface area (TPSA) is 74.7 Å². The van der Waals surface area contributed by atoms with Gasteiger partial charge in [0.15, 0.2) is 0 Å². The molecule has 0 aliphatic heterocycles. The maximum Gasteiger partial charge on any atom is 0.205 e. The first kappa shape index (κ1) is 19.2. The highest BCUT2D eigenvalue weighted by molar-refractivity contribution is 5.80. The van der Waals surface area contributed by atoms with E-state index < -0.39 is 0 Å². The molecular formula is C22H28N4O. The lowest BCUT2D eigenvalue weighted by atomic mass is 9.89. The number of aliphatic hydroxyl groups is 1. The molecule has 1 heterocycles. The Kier molecular flexibility index (Phi) is 6.71. The summed E-state index contributed by atoms with van der Waals surface area (Å²) < 4.78 is 0. The first-order chi connectivity index (χ1) is 13.2. The highest BCUT2D eigenvalue weighted by Gasteiger charge is 2.17. The number of nitrogens with one attached hydrogen (secondary N) is 1. The minimum absolute atomic E-state index is 0.279. The molecule has 2 aromatic carbocycles. The van der Waals surface area contributed by atoms with E-state index in [1.54, 1.807) is 0 Å². The Labute approximate surface area is 160 Å². The number of H-pyrrole nitrogens is 1. The number of benzene rings is 2. The summed E-state index contributed by atoms with van der Waals surface area (Å²) in [5.41, 5.74) is 4.29. The lowest BCUT2D eigenvalue weighted by molar-refractivity contribution is 0.0987. The van der Waals surface area contributed by atoms with Crippen LogP contribution in [0, 0.1) is 5.92 Å². The minimum atomic E-state index is -0.279. The summed E-state index contributed by atoms with van der Waals surface area (Å²) in [4.78, 5) is 0. The molecule has 0 radical (unpaired) electrons. The molecule has 142 valence electrons. The van der Waals surface area contributed by atoms with Gasteiger partial charge in [0.2, 0.25) is 5.82 Å². The molecule has 0 bridgehead atoms. The number of tetrazole rings is 1. The second-order valence-electron chi connectivity index (χ2n) is 7.06. The molecule has 0 aliphatic carbocycles. The van der Waals surface area contributed by atoms with E-state index in [4.69, 9.17) is 0 Å². The van der Waals surface area contributed by atoms with Crippen molar-refractivity contribution in [2.45, 2.75) is 52.1 Å². The maximum absolute atomic E-state index is 10.6. The zero-order valence-electron chi connectivity index (χ0n) is 16.1. The molecule has 2 N–H and O–H groups in total. The van der Waals surface area contributed by atoms with Crippen LogP contribution in [0.1, 0.15) is 45.1 Å². The van der Waals surface area contributed by atoms with Crippen molar-refractivity contribution in [1.82, 2.24) is 20.6 Å². The zero-order valence-corrected chi connectivity index (χ0v) is 16.1. The van der Waals surface area contributed by atoms with Gasteiger partial charge in [-0.05, 0) is 40.7 Å². The van der Waals surface area contributed by atoms with E-state index in [0.29, 0.717) is 18.2 Å². The molecule has 2 atom stereocenters. The summed E-state index contributed by atoms with van der Waals surface area (Å²) in [6, 6.07) is 16.5. The van der Waals surface area contributed by atoms with Crippen LogP contribution in [0.2, 0.25) is 0 Å². The minimum Gasteiger partial charge on any atom is -0.392 e. The van der Waals surface area contributed by atoms with Crippen molar-refractivity contribution in [3.8, 4) is 22.5 Å². The molecule has 1 aromatic heterocycles. The number of nitrogens with zero attached hydrogens (tertiary/aromatic N) is 3. The smallest absolute Gasteiger partial charge is 0.205 e. The van der Waals surface area contributed by atoms with E-state index in [1.165, 1.54) is 18.4 Å². The van der Waals surface area contributed by atoms with Crippen molar-refractivity contribution in [3.05, 3.63) is 54.1 Å². The second kappa shape index (κ2) is 9.42. The molecule has 3 aromatic rings. The lowest BCUT2D eigenvalue weighted by Gasteiger charge is -2.21. The lowest BCUT2D eigenvalue weighted by Crippen LogP contribution is -2.22. The largest absolute Gasteiger partial charge is 0.392 e. The van der Waals surface area contributed by atoms with E-state index in [1.807, 2.05) is 18.2 Å². The fourth-order valence-corrected chi connectivity index (χ4v) is 3.57. The van der Waals surface area contributed by atoms with E-state index in [9.17, 15) is 5.11 Å². The molecule has 5 nitrogen and oxygen atoms in total. The summed E-state index contributed by atoms with van der Waals surface area (Å²) >= 11 is 0. The third kappa shape index (κ3) is 4.80. The molecule has 5 heteroatoms. The third-order valence-corrected chi connectivity index (χ3v) is 5.22. The molecule has 0 saturated carbocycles. The van der Waals surface area contributed by atoms with Crippen LogP contribution in [0.5, 0.6) is 0 Å². The number of aromatic amines is 1.